The normalized spacial score (nSPS) is 12.2. The summed E-state index contributed by atoms with van der Waals surface area (Å²) in [6.07, 6.45) is 3.28. The third-order valence-electron chi connectivity index (χ3n) is 4.24. The smallest absolute Gasteiger partial charge is 0.344 e. The minimum Gasteiger partial charge on any atom is -0.494 e. The van der Waals surface area contributed by atoms with E-state index in [9.17, 15) is 9.59 Å². The second-order valence-corrected chi connectivity index (χ2v) is 6.24. The zero-order valence-corrected chi connectivity index (χ0v) is 15.3. The van der Waals surface area contributed by atoms with E-state index >= 15 is 0 Å². The Hall–Kier alpha value is -3.02. The lowest BCUT2D eigenvalue weighted by atomic mass is 10.1. The number of hydrogen-bond donors (Lipinski definition) is 1. The van der Waals surface area contributed by atoms with Crippen molar-refractivity contribution in [2.24, 2.45) is 0 Å². The Morgan fingerprint density at radius 3 is 2.37 bits per heavy atom. The molecule has 1 amide bonds. The van der Waals surface area contributed by atoms with Crippen LogP contribution in [-0.4, -0.2) is 31.7 Å². The molecule has 0 aliphatic heterocycles. The van der Waals surface area contributed by atoms with Crippen LogP contribution in [0.5, 0.6) is 11.5 Å². The molecule has 1 aliphatic carbocycles. The monoisotopic (exact) mass is 369 g/mol. The lowest BCUT2D eigenvalue weighted by Crippen LogP contribution is -2.23. The first-order valence-corrected chi connectivity index (χ1v) is 9.07. The molecule has 1 N–H and O–H groups in total. The van der Waals surface area contributed by atoms with E-state index in [1.165, 1.54) is 11.1 Å². The van der Waals surface area contributed by atoms with Crippen molar-refractivity contribution in [3.05, 3.63) is 53.6 Å². The highest BCUT2D eigenvalue weighted by Gasteiger charge is 2.13. The highest BCUT2D eigenvalue weighted by Crippen LogP contribution is 2.24. The van der Waals surface area contributed by atoms with Crippen molar-refractivity contribution in [1.29, 1.82) is 0 Å². The average Bonchev–Trinajstić information content (AvgIpc) is 3.14. The van der Waals surface area contributed by atoms with Gasteiger partial charge in [0.1, 0.15) is 11.5 Å². The largest absolute Gasteiger partial charge is 0.494 e. The number of nitrogens with one attached hydrogen (secondary N) is 1. The number of hydrogen-bond acceptors (Lipinski definition) is 5. The summed E-state index contributed by atoms with van der Waals surface area (Å²) in [6.45, 7) is 1.88. The molecule has 142 valence electrons. The number of fused-ring (bicyclic) bond motifs is 1. The molecule has 2 aromatic carbocycles. The van der Waals surface area contributed by atoms with Crippen molar-refractivity contribution in [2.75, 3.05) is 25.1 Å². The second-order valence-electron chi connectivity index (χ2n) is 6.24. The molecule has 0 spiro atoms. The van der Waals surface area contributed by atoms with E-state index in [1.807, 2.05) is 25.1 Å². The molecular weight excluding hydrogens is 346 g/mol. The molecule has 6 nitrogen and oxygen atoms in total. The van der Waals surface area contributed by atoms with E-state index in [0.717, 1.165) is 30.7 Å². The van der Waals surface area contributed by atoms with Crippen LogP contribution >= 0.6 is 0 Å². The van der Waals surface area contributed by atoms with Crippen LogP contribution in [0.1, 0.15) is 24.5 Å². The Morgan fingerprint density at radius 2 is 1.63 bits per heavy atom. The van der Waals surface area contributed by atoms with Crippen molar-refractivity contribution in [3.8, 4) is 11.5 Å². The summed E-state index contributed by atoms with van der Waals surface area (Å²) in [5, 5.41) is 2.75. The second kappa shape index (κ2) is 9.07. The van der Waals surface area contributed by atoms with E-state index in [0.29, 0.717) is 12.4 Å². The van der Waals surface area contributed by atoms with Crippen LogP contribution in [0.25, 0.3) is 0 Å². The van der Waals surface area contributed by atoms with Gasteiger partial charge in [-0.25, -0.2) is 4.79 Å². The molecule has 0 fully saturated rings. The summed E-state index contributed by atoms with van der Waals surface area (Å²) in [4.78, 5) is 23.7. The Morgan fingerprint density at radius 1 is 0.926 bits per heavy atom. The van der Waals surface area contributed by atoms with Gasteiger partial charge in [0.2, 0.25) is 0 Å². The fraction of sp³-hybridized carbons (Fsp3) is 0.333. The van der Waals surface area contributed by atoms with Gasteiger partial charge in [-0.2, -0.15) is 0 Å². The minimum absolute atomic E-state index is 0.264. The molecule has 0 bridgehead atoms. The van der Waals surface area contributed by atoms with Crippen molar-refractivity contribution in [1.82, 2.24) is 0 Å². The summed E-state index contributed by atoms with van der Waals surface area (Å²) in [5.74, 6) is 0.281. The highest BCUT2D eigenvalue weighted by molar-refractivity contribution is 5.93. The lowest BCUT2D eigenvalue weighted by molar-refractivity contribution is -0.149. The molecule has 27 heavy (non-hydrogen) atoms. The average molecular weight is 369 g/mol. The van der Waals surface area contributed by atoms with E-state index in [2.05, 4.69) is 5.32 Å². The molecule has 0 heterocycles. The van der Waals surface area contributed by atoms with Crippen molar-refractivity contribution in [2.45, 2.75) is 26.2 Å². The van der Waals surface area contributed by atoms with Gasteiger partial charge in [-0.3, -0.25) is 4.79 Å². The van der Waals surface area contributed by atoms with Crippen LogP contribution in [0.4, 0.5) is 5.69 Å². The van der Waals surface area contributed by atoms with Crippen LogP contribution < -0.4 is 14.8 Å². The van der Waals surface area contributed by atoms with Gasteiger partial charge in [-0.15, -0.1) is 0 Å². The lowest BCUT2D eigenvalue weighted by Gasteiger charge is -2.09. The molecule has 0 saturated heterocycles. The number of anilines is 1. The molecule has 6 heteroatoms. The number of aryl methyl sites for hydroxylation is 2. The topological polar surface area (TPSA) is 73.9 Å². The Labute approximate surface area is 158 Å². The van der Waals surface area contributed by atoms with Crippen LogP contribution in [0.2, 0.25) is 0 Å². The molecule has 0 atom stereocenters. The third-order valence-corrected chi connectivity index (χ3v) is 4.24. The number of carbonyl (C=O) groups excluding carboxylic acids is 2. The first kappa shape index (κ1) is 18.8. The molecule has 0 radical (unpaired) electrons. The fourth-order valence-corrected chi connectivity index (χ4v) is 2.98. The van der Waals surface area contributed by atoms with E-state index in [1.54, 1.807) is 24.3 Å². The minimum atomic E-state index is -0.604. The third kappa shape index (κ3) is 5.48. The molecule has 1 aliphatic rings. The Kier molecular flexibility index (Phi) is 6.30. The SMILES string of the molecule is CCOc1ccc(OCC(=O)OCC(=O)Nc2ccc3c(c2)CCC3)cc1. The van der Waals surface area contributed by atoms with Crippen molar-refractivity contribution >= 4 is 17.6 Å². The number of ether oxygens (including phenoxy) is 3. The number of amides is 1. The summed E-state index contributed by atoms with van der Waals surface area (Å²) < 4.78 is 15.6. The fourth-order valence-electron chi connectivity index (χ4n) is 2.98. The van der Waals surface area contributed by atoms with Gasteiger partial charge in [-0.1, -0.05) is 6.07 Å². The molecular formula is C21H23NO5. The number of carbonyl (C=O) groups is 2. The van der Waals surface area contributed by atoms with Crippen LogP contribution in [0.15, 0.2) is 42.5 Å². The number of rotatable bonds is 8. The van der Waals surface area contributed by atoms with Gasteiger partial charge in [0, 0.05) is 5.69 Å². The van der Waals surface area contributed by atoms with Crippen LogP contribution in [-0.2, 0) is 27.2 Å². The summed E-state index contributed by atoms with van der Waals surface area (Å²) in [7, 11) is 0. The maximum absolute atomic E-state index is 11.9. The first-order chi connectivity index (χ1) is 13.1. The highest BCUT2D eigenvalue weighted by atomic mass is 16.6. The zero-order chi connectivity index (χ0) is 19.1. The standard InChI is InChI=1S/C21H23NO5/c1-2-25-18-8-10-19(11-9-18)26-14-21(24)27-13-20(23)22-17-7-6-15-4-3-5-16(15)12-17/h6-12H,2-5,13-14H2,1H3,(H,22,23). The molecule has 0 saturated carbocycles. The number of benzene rings is 2. The number of esters is 1. The van der Waals surface area contributed by atoms with Gasteiger partial charge < -0.3 is 19.5 Å². The van der Waals surface area contributed by atoms with Gasteiger partial charge in [0.05, 0.1) is 6.61 Å². The summed E-state index contributed by atoms with van der Waals surface area (Å²) in [5.41, 5.74) is 3.33. The molecule has 2 aromatic rings. The summed E-state index contributed by atoms with van der Waals surface area (Å²) >= 11 is 0. The molecule has 0 unspecified atom stereocenters. The summed E-state index contributed by atoms with van der Waals surface area (Å²) in [6, 6.07) is 12.8. The maximum Gasteiger partial charge on any atom is 0.344 e. The first-order valence-electron chi connectivity index (χ1n) is 9.07. The maximum atomic E-state index is 11.9. The van der Waals surface area contributed by atoms with Crippen LogP contribution in [0, 0.1) is 0 Å². The quantitative estimate of drug-likeness (QED) is 0.724. The zero-order valence-electron chi connectivity index (χ0n) is 15.3. The Bertz CT molecular complexity index is 801. The van der Waals surface area contributed by atoms with Gasteiger partial charge in [0.15, 0.2) is 13.2 Å². The van der Waals surface area contributed by atoms with E-state index < -0.39 is 5.97 Å². The molecule has 0 aromatic heterocycles. The van der Waals surface area contributed by atoms with Crippen LogP contribution in [0.3, 0.4) is 0 Å². The predicted octanol–water partition coefficient (Wildman–Crippen LogP) is 3.13. The van der Waals surface area contributed by atoms with Crippen molar-refractivity contribution in [3.63, 3.8) is 0 Å². The predicted molar refractivity (Wildman–Crippen MR) is 101 cm³/mol. The Balaban J connectivity index is 1.39. The van der Waals surface area contributed by atoms with Gasteiger partial charge in [0.25, 0.3) is 5.91 Å². The van der Waals surface area contributed by atoms with E-state index in [4.69, 9.17) is 14.2 Å². The van der Waals surface area contributed by atoms with Gasteiger partial charge >= 0.3 is 5.97 Å². The molecule has 3 rings (SSSR count). The van der Waals surface area contributed by atoms with E-state index in [-0.39, 0.29) is 19.1 Å². The van der Waals surface area contributed by atoms with Crippen molar-refractivity contribution < 1.29 is 23.8 Å². The van der Waals surface area contributed by atoms with Gasteiger partial charge in [-0.05, 0) is 73.7 Å².